The third-order valence-corrected chi connectivity index (χ3v) is 2.85. The van der Waals surface area contributed by atoms with Gasteiger partial charge in [0.1, 0.15) is 5.75 Å². The third kappa shape index (κ3) is 3.25. The van der Waals surface area contributed by atoms with Gasteiger partial charge in [-0.2, -0.15) is 0 Å². The first-order chi connectivity index (χ1) is 8.25. The molecule has 0 bridgehead atoms. The summed E-state index contributed by atoms with van der Waals surface area (Å²) in [6, 6.07) is 17.6. The standard InChI is InChI=1S/C15H17NO/c1-12(13-5-3-2-4-6-13)11-16-14-7-9-15(17)10-8-14/h2-10,12,16-17H,11H2,1H3. The molecule has 88 valence electrons. The summed E-state index contributed by atoms with van der Waals surface area (Å²) in [5.41, 5.74) is 2.37. The molecule has 0 fully saturated rings. The number of benzene rings is 2. The van der Waals surface area contributed by atoms with Crippen molar-refractivity contribution in [3.05, 3.63) is 60.2 Å². The first kappa shape index (κ1) is 11.5. The van der Waals surface area contributed by atoms with Crippen molar-refractivity contribution in [2.24, 2.45) is 0 Å². The molecule has 0 heterocycles. The Balaban J connectivity index is 1.92. The highest BCUT2D eigenvalue weighted by Gasteiger charge is 2.04. The van der Waals surface area contributed by atoms with Gasteiger partial charge in [-0.1, -0.05) is 37.3 Å². The fraction of sp³-hybridized carbons (Fsp3) is 0.200. The van der Waals surface area contributed by atoms with Gasteiger partial charge in [0.15, 0.2) is 0 Å². The Bertz CT molecular complexity index is 450. The van der Waals surface area contributed by atoms with E-state index in [0.29, 0.717) is 11.7 Å². The third-order valence-electron chi connectivity index (χ3n) is 2.85. The highest BCUT2D eigenvalue weighted by molar-refractivity contribution is 5.46. The number of phenols is 1. The number of anilines is 1. The van der Waals surface area contributed by atoms with Gasteiger partial charge >= 0.3 is 0 Å². The van der Waals surface area contributed by atoms with Crippen LogP contribution in [0.3, 0.4) is 0 Å². The SMILES string of the molecule is CC(CNc1ccc(O)cc1)c1ccccc1. The van der Waals surface area contributed by atoms with Crippen molar-refractivity contribution >= 4 is 5.69 Å². The van der Waals surface area contributed by atoms with Gasteiger partial charge in [-0.25, -0.2) is 0 Å². The molecule has 0 saturated heterocycles. The van der Waals surface area contributed by atoms with E-state index >= 15 is 0 Å². The van der Waals surface area contributed by atoms with E-state index in [1.54, 1.807) is 12.1 Å². The summed E-state index contributed by atoms with van der Waals surface area (Å²) in [7, 11) is 0. The van der Waals surface area contributed by atoms with Crippen molar-refractivity contribution in [2.75, 3.05) is 11.9 Å². The molecule has 2 nitrogen and oxygen atoms in total. The number of aromatic hydroxyl groups is 1. The van der Waals surface area contributed by atoms with Crippen LogP contribution in [0.4, 0.5) is 5.69 Å². The van der Waals surface area contributed by atoms with Gasteiger partial charge in [0.05, 0.1) is 0 Å². The quantitative estimate of drug-likeness (QED) is 0.782. The molecule has 1 unspecified atom stereocenters. The largest absolute Gasteiger partial charge is 0.508 e. The minimum atomic E-state index is 0.298. The van der Waals surface area contributed by atoms with Gasteiger partial charge in [0.25, 0.3) is 0 Å². The second-order valence-corrected chi connectivity index (χ2v) is 4.24. The minimum absolute atomic E-state index is 0.298. The van der Waals surface area contributed by atoms with Crippen molar-refractivity contribution in [1.82, 2.24) is 0 Å². The molecule has 0 radical (unpaired) electrons. The monoisotopic (exact) mass is 227 g/mol. The minimum Gasteiger partial charge on any atom is -0.508 e. The lowest BCUT2D eigenvalue weighted by atomic mass is 10.0. The lowest BCUT2D eigenvalue weighted by Crippen LogP contribution is -2.09. The van der Waals surface area contributed by atoms with Crippen LogP contribution in [0.1, 0.15) is 18.4 Å². The van der Waals surface area contributed by atoms with Gasteiger partial charge in [0.2, 0.25) is 0 Å². The first-order valence-electron chi connectivity index (χ1n) is 5.83. The Morgan fingerprint density at radius 2 is 1.65 bits per heavy atom. The molecule has 0 aliphatic heterocycles. The van der Waals surface area contributed by atoms with Gasteiger partial charge in [0, 0.05) is 12.2 Å². The maximum atomic E-state index is 9.18. The molecule has 17 heavy (non-hydrogen) atoms. The summed E-state index contributed by atoms with van der Waals surface area (Å²) in [4.78, 5) is 0. The number of rotatable bonds is 4. The Morgan fingerprint density at radius 3 is 2.29 bits per heavy atom. The van der Waals surface area contributed by atoms with Gasteiger partial charge < -0.3 is 10.4 Å². The second-order valence-electron chi connectivity index (χ2n) is 4.24. The summed E-state index contributed by atoms with van der Waals surface area (Å²) in [5.74, 6) is 0.761. The zero-order valence-electron chi connectivity index (χ0n) is 9.93. The summed E-state index contributed by atoms with van der Waals surface area (Å²) < 4.78 is 0. The maximum Gasteiger partial charge on any atom is 0.115 e. The molecule has 2 N–H and O–H groups in total. The molecular formula is C15H17NO. The van der Waals surface area contributed by atoms with Crippen LogP contribution in [-0.2, 0) is 0 Å². The van der Waals surface area contributed by atoms with Crippen LogP contribution in [0.5, 0.6) is 5.75 Å². The zero-order valence-corrected chi connectivity index (χ0v) is 9.93. The average Bonchev–Trinajstić information content (AvgIpc) is 2.39. The Morgan fingerprint density at radius 1 is 1.00 bits per heavy atom. The predicted molar refractivity (Wildman–Crippen MR) is 71.5 cm³/mol. The molecule has 0 saturated carbocycles. The van der Waals surface area contributed by atoms with Crippen LogP contribution < -0.4 is 5.32 Å². The number of phenolic OH excluding ortho intramolecular Hbond substituents is 1. The summed E-state index contributed by atoms with van der Waals surface area (Å²) in [6.45, 7) is 3.08. The molecule has 2 heteroatoms. The summed E-state index contributed by atoms with van der Waals surface area (Å²) >= 11 is 0. The summed E-state index contributed by atoms with van der Waals surface area (Å²) in [6.07, 6.45) is 0. The molecule has 0 aromatic heterocycles. The fourth-order valence-corrected chi connectivity index (χ4v) is 1.75. The first-order valence-corrected chi connectivity index (χ1v) is 5.83. The van der Waals surface area contributed by atoms with E-state index in [0.717, 1.165) is 12.2 Å². The lowest BCUT2D eigenvalue weighted by molar-refractivity contribution is 0.475. The topological polar surface area (TPSA) is 32.3 Å². The molecule has 2 rings (SSSR count). The van der Waals surface area contributed by atoms with Crippen molar-refractivity contribution in [2.45, 2.75) is 12.8 Å². The molecule has 2 aromatic rings. The van der Waals surface area contributed by atoms with Gasteiger partial charge in [-0.15, -0.1) is 0 Å². The number of hydrogen-bond donors (Lipinski definition) is 2. The molecule has 1 atom stereocenters. The molecule has 0 amide bonds. The number of hydrogen-bond acceptors (Lipinski definition) is 2. The molecule has 0 aliphatic carbocycles. The van der Waals surface area contributed by atoms with Crippen LogP contribution in [0, 0.1) is 0 Å². The number of nitrogens with one attached hydrogen (secondary N) is 1. The van der Waals surface area contributed by atoms with E-state index in [1.807, 2.05) is 18.2 Å². The Kier molecular flexibility index (Phi) is 3.66. The Labute approximate surface area is 102 Å². The van der Waals surface area contributed by atoms with E-state index in [2.05, 4.69) is 36.5 Å². The van der Waals surface area contributed by atoms with E-state index in [9.17, 15) is 5.11 Å². The smallest absolute Gasteiger partial charge is 0.115 e. The van der Waals surface area contributed by atoms with E-state index in [4.69, 9.17) is 0 Å². The van der Waals surface area contributed by atoms with Crippen molar-refractivity contribution in [1.29, 1.82) is 0 Å². The van der Waals surface area contributed by atoms with Crippen LogP contribution in [0.2, 0.25) is 0 Å². The molecule has 0 spiro atoms. The summed E-state index contributed by atoms with van der Waals surface area (Å²) in [5, 5.41) is 12.5. The van der Waals surface area contributed by atoms with Gasteiger partial charge in [-0.05, 0) is 35.7 Å². The van der Waals surface area contributed by atoms with E-state index < -0.39 is 0 Å². The predicted octanol–water partition coefficient (Wildman–Crippen LogP) is 3.61. The fourth-order valence-electron chi connectivity index (χ4n) is 1.75. The highest BCUT2D eigenvalue weighted by atomic mass is 16.3. The molecule has 0 aliphatic rings. The van der Waals surface area contributed by atoms with Crippen LogP contribution in [0.15, 0.2) is 54.6 Å². The van der Waals surface area contributed by atoms with Crippen molar-refractivity contribution in [3.63, 3.8) is 0 Å². The molecule has 2 aromatic carbocycles. The van der Waals surface area contributed by atoms with Gasteiger partial charge in [-0.3, -0.25) is 0 Å². The Hall–Kier alpha value is -1.96. The lowest BCUT2D eigenvalue weighted by Gasteiger charge is -2.13. The van der Waals surface area contributed by atoms with Crippen LogP contribution >= 0.6 is 0 Å². The second kappa shape index (κ2) is 5.39. The average molecular weight is 227 g/mol. The maximum absolute atomic E-state index is 9.18. The van der Waals surface area contributed by atoms with Crippen molar-refractivity contribution in [3.8, 4) is 5.75 Å². The molecular weight excluding hydrogens is 210 g/mol. The normalized spacial score (nSPS) is 12.1. The van der Waals surface area contributed by atoms with Crippen LogP contribution in [0.25, 0.3) is 0 Å². The van der Waals surface area contributed by atoms with E-state index in [-0.39, 0.29) is 0 Å². The van der Waals surface area contributed by atoms with Crippen molar-refractivity contribution < 1.29 is 5.11 Å². The highest BCUT2D eigenvalue weighted by Crippen LogP contribution is 2.17. The van der Waals surface area contributed by atoms with Crippen LogP contribution in [-0.4, -0.2) is 11.7 Å². The van der Waals surface area contributed by atoms with E-state index in [1.165, 1.54) is 5.56 Å². The zero-order chi connectivity index (χ0) is 12.1.